The average molecular weight is 347 g/mol. The molecule has 1 heterocycles. The zero-order valence-corrected chi connectivity index (χ0v) is 13.1. The lowest BCUT2D eigenvalue weighted by atomic mass is 9.99. The third-order valence-electron chi connectivity index (χ3n) is 3.43. The van der Waals surface area contributed by atoms with Crippen molar-refractivity contribution < 1.29 is 18.0 Å². The number of benzene rings is 2. The highest BCUT2D eigenvalue weighted by Crippen LogP contribution is 2.37. The van der Waals surface area contributed by atoms with Gasteiger partial charge in [-0.15, -0.1) is 11.3 Å². The number of nitrogens with one attached hydrogen (secondary N) is 1. The summed E-state index contributed by atoms with van der Waals surface area (Å²) < 4.78 is 39.3. The summed E-state index contributed by atoms with van der Waals surface area (Å²) >= 11 is 1.32. The zero-order valence-electron chi connectivity index (χ0n) is 12.3. The largest absolute Gasteiger partial charge is 0.417 e. The Morgan fingerprint density at radius 3 is 2.25 bits per heavy atom. The van der Waals surface area contributed by atoms with E-state index in [-0.39, 0.29) is 11.5 Å². The van der Waals surface area contributed by atoms with Gasteiger partial charge in [0.25, 0.3) is 5.91 Å². The number of thiophene rings is 1. The molecule has 0 aliphatic rings. The standard InChI is InChI=1S/C18H12F3NOS/c19-18(20,21)15-5-2-1-4-14(15)12-7-9-13(10-8-12)22-17(23)16-6-3-11-24-16/h1-11H,(H,22,23). The van der Waals surface area contributed by atoms with Gasteiger partial charge in [-0.3, -0.25) is 4.79 Å². The van der Waals surface area contributed by atoms with Crippen molar-refractivity contribution in [2.45, 2.75) is 6.18 Å². The number of hydrogen-bond donors (Lipinski definition) is 1. The van der Waals surface area contributed by atoms with Gasteiger partial charge in [-0.2, -0.15) is 13.2 Å². The number of halogens is 3. The van der Waals surface area contributed by atoms with E-state index < -0.39 is 11.7 Å². The van der Waals surface area contributed by atoms with Crippen LogP contribution in [0.25, 0.3) is 11.1 Å². The molecular weight excluding hydrogens is 335 g/mol. The molecule has 0 aliphatic carbocycles. The molecule has 0 fully saturated rings. The molecule has 0 saturated carbocycles. The van der Waals surface area contributed by atoms with Crippen LogP contribution in [0.4, 0.5) is 18.9 Å². The van der Waals surface area contributed by atoms with Gasteiger partial charge in [-0.1, -0.05) is 36.4 Å². The molecule has 6 heteroatoms. The quantitative estimate of drug-likeness (QED) is 0.648. The predicted octanol–water partition coefficient (Wildman–Crippen LogP) is 5.69. The van der Waals surface area contributed by atoms with Crippen molar-refractivity contribution in [3.05, 3.63) is 76.5 Å². The van der Waals surface area contributed by atoms with Gasteiger partial charge < -0.3 is 5.32 Å². The fourth-order valence-corrected chi connectivity index (χ4v) is 2.93. The highest BCUT2D eigenvalue weighted by molar-refractivity contribution is 7.12. The van der Waals surface area contributed by atoms with Crippen LogP contribution < -0.4 is 5.32 Å². The highest BCUT2D eigenvalue weighted by atomic mass is 32.1. The normalized spacial score (nSPS) is 11.3. The molecule has 1 N–H and O–H groups in total. The summed E-state index contributed by atoms with van der Waals surface area (Å²) in [4.78, 5) is 12.5. The molecule has 0 bridgehead atoms. The van der Waals surface area contributed by atoms with Crippen LogP contribution in [0.15, 0.2) is 66.0 Å². The Kier molecular flexibility index (Phi) is 4.40. The minimum atomic E-state index is -4.41. The fourth-order valence-electron chi connectivity index (χ4n) is 2.32. The third-order valence-corrected chi connectivity index (χ3v) is 4.30. The van der Waals surface area contributed by atoms with Crippen LogP contribution in [-0.2, 0) is 6.18 Å². The topological polar surface area (TPSA) is 29.1 Å². The summed E-state index contributed by atoms with van der Waals surface area (Å²) in [6, 6.07) is 15.2. The maximum atomic E-state index is 13.1. The highest BCUT2D eigenvalue weighted by Gasteiger charge is 2.33. The molecule has 3 rings (SSSR count). The summed E-state index contributed by atoms with van der Waals surface area (Å²) in [6.07, 6.45) is -4.41. The molecule has 2 aromatic carbocycles. The van der Waals surface area contributed by atoms with Gasteiger partial charge in [-0.25, -0.2) is 0 Å². The lowest BCUT2D eigenvalue weighted by Gasteiger charge is -2.13. The molecule has 2 nitrogen and oxygen atoms in total. The summed E-state index contributed by atoms with van der Waals surface area (Å²) in [6.45, 7) is 0. The summed E-state index contributed by atoms with van der Waals surface area (Å²) in [7, 11) is 0. The molecule has 0 atom stereocenters. The number of hydrogen-bond acceptors (Lipinski definition) is 2. The molecule has 0 unspecified atom stereocenters. The average Bonchev–Trinajstić information content (AvgIpc) is 3.09. The smallest absolute Gasteiger partial charge is 0.321 e. The Hall–Kier alpha value is -2.60. The van der Waals surface area contributed by atoms with Crippen LogP contribution in [-0.4, -0.2) is 5.91 Å². The van der Waals surface area contributed by atoms with Gasteiger partial charge in [0.2, 0.25) is 0 Å². The Balaban J connectivity index is 1.84. The van der Waals surface area contributed by atoms with Crippen molar-refractivity contribution in [1.29, 1.82) is 0 Å². The molecule has 0 radical (unpaired) electrons. The zero-order chi connectivity index (χ0) is 17.2. The van der Waals surface area contributed by atoms with E-state index in [0.29, 0.717) is 16.1 Å². The van der Waals surface area contributed by atoms with E-state index in [1.165, 1.54) is 23.5 Å². The number of anilines is 1. The van der Waals surface area contributed by atoms with E-state index in [1.807, 2.05) is 0 Å². The van der Waals surface area contributed by atoms with Crippen LogP contribution in [0.2, 0.25) is 0 Å². The Bertz CT molecular complexity index is 839. The molecule has 24 heavy (non-hydrogen) atoms. The van der Waals surface area contributed by atoms with E-state index in [4.69, 9.17) is 0 Å². The van der Waals surface area contributed by atoms with Crippen LogP contribution in [0.5, 0.6) is 0 Å². The van der Waals surface area contributed by atoms with E-state index in [0.717, 1.165) is 6.07 Å². The molecule has 1 amide bonds. The molecule has 122 valence electrons. The maximum absolute atomic E-state index is 13.1. The first-order valence-electron chi connectivity index (χ1n) is 7.06. The number of carbonyl (C=O) groups is 1. The van der Waals surface area contributed by atoms with E-state index in [2.05, 4.69) is 5.32 Å². The number of alkyl halides is 3. The van der Waals surface area contributed by atoms with Gasteiger partial charge in [-0.05, 0) is 40.8 Å². The second-order valence-electron chi connectivity index (χ2n) is 5.05. The Morgan fingerprint density at radius 1 is 0.917 bits per heavy atom. The van der Waals surface area contributed by atoms with Gasteiger partial charge in [0.05, 0.1) is 10.4 Å². The predicted molar refractivity (Wildman–Crippen MR) is 89.2 cm³/mol. The van der Waals surface area contributed by atoms with Crippen LogP contribution >= 0.6 is 11.3 Å². The van der Waals surface area contributed by atoms with Crippen molar-refractivity contribution in [1.82, 2.24) is 0 Å². The first-order valence-corrected chi connectivity index (χ1v) is 7.94. The van der Waals surface area contributed by atoms with Gasteiger partial charge in [0.1, 0.15) is 0 Å². The molecule has 1 aromatic heterocycles. The Morgan fingerprint density at radius 2 is 1.62 bits per heavy atom. The summed E-state index contributed by atoms with van der Waals surface area (Å²) in [5.41, 5.74) is 0.403. The molecule has 0 aliphatic heterocycles. The minimum absolute atomic E-state index is 0.112. The minimum Gasteiger partial charge on any atom is -0.321 e. The molecule has 0 saturated heterocycles. The molecule has 3 aromatic rings. The molecule has 0 spiro atoms. The first-order chi connectivity index (χ1) is 11.4. The van der Waals surface area contributed by atoms with Crippen LogP contribution in [0.3, 0.4) is 0 Å². The van der Waals surface area contributed by atoms with Gasteiger partial charge >= 0.3 is 6.18 Å². The maximum Gasteiger partial charge on any atom is 0.417 e. The van der Waals surface area contributed by atoms with Crippen molar-refractivity contribution in [2.24, 2.45) is 0 Å². The second kappa shape index (κ2) is 6.49. The Labute approximate surface area is 140 Å². The number of amides is 1. The lowest BCUT2D eigenvalue weighted by Crippen LogP contribution is -2.10. The van der Waals surface area contributed by atoms with E-state index >= 15 is 0 Å². The molecular formula is C18H12F3NOS. The number of carbonyl (C=O) groups excluding carboxylic acids is 1. The lowest BCUT2D eigenvalue weighted by molar-refractivity contribution is -0.137. The van der Waals surface area contributed by atoms with Crippen molar-refractivity contribution in [2.75, 3.05) is 5.32 Å². The van der Waals surface area contributed by atoms with Gasteiger partial charge in [0, 0.05) is 5.69 Å². The summed E-state index contributed by atoms with van der Waals surface area (Å²) in [5.74, 6) is -0.242. The van der Waals surface area contributed by atoms with Crippen LogP contribution in [0.1, 0.15) is 15.2 Å². The van der Waals surface area contributed by atoms with Crippen molar-refractivity contribution in [3.63, 3.8) is 0 Å². The SMILES string of the molecule is O=C(Nc1ccc(-c2ccccc2C(F)(F)F)cc1)c1cccs1. The second-order valence-corrected chi connectivity index (χ2v) is 6.00. The third kappa shape index (κ3) is 3.49. The van der Waals surface area contributed by atoms with Gasteiger partial charge in [0.15, 0.2) is 0 Å². The van der Waals surface area contributed by atoms with Crippen molar-refractivity contribution >= 4 is 22.9 Å². The fraction of sp³-hybridized carbons (Fsp3) is 0.0556. The van der Waals surface area contributed by atoms with Crippen LogP contribution in [0, 0.1) is 0 Å². The van der Waals surface area contributed by atoms with Crippen molar-refractivity contribution in [3.8, 4) is 11.1 Å². The number of rotatable bonds is 3. The monoisotopic (exact) mass is 347 g/mol. The van der Waals surface area contributed by atoms with E-state index in [1.54, 1.807) is 47.8 Å². The first kappa shape index (κ1) is 16.3. The summed E-state index contributed by atoms with van der Waals surface area (Å²) in [5, 5.41) is 4.51. The van der Waals surface area contributed by atoms with E-state index in [9.17, 15) is 18.0 Å².